The maximum atomic E-state index is 5.75. The molecule has 2 aliphatic heterocycles. The van der Waals surface area contributed by atoms with E-state index in [2.05, 4.69) is 29.7 Å². The number of ether oxygens (including phenoxy) is 1. The van der Waals surface area contributed by atoms with Crippen molar-refractivity contribution in [3.63, 3.8) is 0 Å². The van der Waals surface area contributed by atoms with E-state index in [4.69, 9.17) is 9.15 Å². The molecule has 4 heteroatoms. The fourth-order valence-electron chi connectivity index (χ4n) is 3.31. The third-order valence-corrected chi connectivity index (χ3v) is 4.06. The molecule has 2 saturated heterocycles. The number of furan rings is 1. The van der Waals surface area contributed by atoms with Gasteiger partial charge in [0.05, 0.1) is 25.7 Å². The smallest absolute Gasteiger partial charge is 0.0947 e. The fourth-order valence-corrected chi connectivity index (χ4v) is 3.31. The lowest BCUT2D eigenvalue weighted by molar-refractivity contribution is -0.102. The van der Waals surface area contributed by atoms with E-state index in [1.54, 1.807) is 6.26 Å². The first-order valence-corrected chi connectivity index (χ1v) is 7.29. The Morgan fingerprint density at radius 3 is 2.58 bits per heavy atom. The van der Waals surface area contributed by atoms with Crippen molar-refractivity contribution in [2.45, 2.75) is 32.5 Å². The van der Waals surface area contributed by atoms with Crippen molar-refractivity contribution < 1.29 is 9.15 Å². The lowest BCUT2D eigenvalue weighted by Crippen LogP contribution is -2.64. The van der Waals surface area contributed by atoms with E-state index in [-0.39, 0.29) is 0 Å². The van der Waals surface area contributed by atoms with Gasteiger partial charge in [-0.3, -0.25) is 9.80 Å². The Labute approximate surface area is 115 Å². The van der Waals surface area contributed by atoms with Crippen molar-refractivity contribution in [2.24, 2.45) is 5.92 Å². The molecule has 1 aromatic rings. The number of fused-ring (bicyclic) bond motifs is 2. The van der Waals surface area contributed by atoms with Gasteiger partial charge < -0.3 is 9.15 Å². The Balaban J connectivity index is 1.64. The van der Waals surface area contributed by atoms with Crippen LogP contribution in [-0.4, -0.2) is 54.7 Å². The van der Waals surface area contributed by atoms with Crippen LogP contribution in [0.1, 0.15) is 19.4 Å². The summed E-state index contributed by atoms with van der Waals surface area (Å²) < 4.78 is 10.9. The Morgan fingerprint density at radius 2 is 2.00 bits per heavy atom. The Kier molecular flexibility index (Phi) is 3.91. The lowest BCUT2D eigenvalue weighted by atomic mass is 10.0. The summed E-state index contributed by atoms with van der Waals surface area (Å²) in [6.45, 7) is 10.8. The highest BCUT2D eigenvalue weighted by atomic mass is 16.5. The van der Waals surface area contributed by atoms with Gasteiger partial charge in [0.1, 0.15) is 0 Å². The van der Waals surface area contributed by atoms with Gasteiger partial charge in [0.15, 0.2) is 0 Å². The van der Waals surface area contributed by atoms with E-state index in [0.717, 1.165) is 38.8 Å². The van der Waals surface area contributed by atoms with Gasteiger partial charge in [-0.2, -0.15) is 0 Å². The van der Waals surface area contributed by atoms with Crippen LogP contribution in [-0.2, 0) is 11.3 Å². The molecule has 4 nitrogen and oxygen atoms in total. The molecule has 0 N–H and O–H groups in total. The maximum Gasteiger partial charge on any atom is 0.0947 e. The largest absolute Gasteiger partial charge is 0.472 e. The van der Waals surface area contributed by atoms with Gasteiger partial charge in [-0.15, -0.1) is 0 Å². The minimum atomic E-state index is 0.557. The number of piperazine rings is 1. The highest BCUT2D eigenvalue weighted by Gasteiger charge is 2.37. The van der Waals surface area contributed by atoms with Gasteiger partial charge in [-0.25, -0.2) is 0 Å². The number of hydrogen-bond acceptors (Lipinski definition) is 4. The molecule has 106 valence electrons. The summed E-state index contributed by atoms with van der Waals surface area (Å²) in [5.74, 6) is 0.725. The number of morpholine rings is 1. The summed E-state index contributed by atoms with van der Waals surface area (Å²) in [5, 5.41) is 0. The van der Waals surface area contributed by atoms with E-state index in [1.165, 1.54) is 12.1 Å². The summed E-state index contributed by atoms with van der Waals surface area (Å²) >= 11 is 0. The predicted octanol–water partition coefficient (Wildman–Crippen LogP) is 1.82. The van der Waals surface area contributed by atoms with Crippen LogP contribution in [0.4, 0.5) is 0 Å². The molecule has 0 aromatic carbocycles. The molecular formula is C15H24N2O2. The zero-order valence-electron chi connectivity index (χ0n) is 11.9. The minimum absolute atomic E-state index is 0.557. The first-order valence-electron chi connectivity index (χ1n) is 7.29. The van der Waals surface area contributed by atoms with Crippen LogP contribution in [0.5, 0.6) is 0 Å². The summed E-state index contributed by atoms with van der Waals surface area (Å²) in [6.07, 6.45) is 3.61. The monoisotopic (exact) mass is 264 g/mol. The third-order valence-electron chi connectivity index (χ3n) is 4.06. The molecule has 3 rings (SSSR count). The fraction of sp³-hybridized carbons (Fsp3) is 0.733. The van der Waals surface area contributed by atoms with Crippen molar-refractivity contribution >= 4 is 0 Å². The van der Waals surface area contributed by atoms with E-state index in [0.29, 0.717) is 12.1 Å². The van der Waals surface area contributed by atoms with Gasteiger partial charge in [-0.05, 0) is 12.0 Å². The molecule has 2 aliphatic rings. The molecule has 0 saturated carbocycles. The number of rotatable bonds is 4. The van der Waals surface area contributed by atoms with Gasteiger partial charge >= 0.3 is 0 Å². The first kappa shape index (κ1) is 13.2. The third kappa shape index (κ3) is 3.02. The van der Waals surface area contributed by atoms with Crippen molar-refractivity contribution in [1.29, 1.82) is 0 Å². The molecule has 0 unspecified atom stereocenters. The van der Waals surface area contributed by atoms with Crippen LogP contribution in [0.15, 0.2) is 23.0 Å². The van der Waals surface area contributed by atoms with Gasteiger partial charge in [0, 0.05) is 43.8 Å². The van der Waals surface area contributed by atoms with Crippen LogP contribution in [0.3, 0.4) is 0 Å². The summed E-state index contributed by atoms with van der Waals surface area (Å²) in [6, 6.07) is 3.18. The van der Waals surface area contributed by atoms with Crippen molar-refractivity contribution in [2.75, 3.05) is 32.8 Å². The minimum Gasteiger partial charge on any atom is -0.472 e. The predicted molar refractivity (Wildman–Crippen MR) is 73.9 cm³/mol. The summed E-state index contributed by atoms with van der Waals surface area (Å²) in [5.41, 5.74) is 1.27. The molecule has 0 radical (unpaired) electrons. The highest BCUT2D eigenvalue weighted by Crippen LogP contribution is 2.23. The topological polar surface area (TPSA) is 28.9 Å². The van der Waals surface area contributed by atoms with Crippen molar-refractivity contribution in [3.05, 3.63) is 24.2 Å². The van der Waals surface area contributed by atoms with Gasteiger partial charge in [0.2, 0.25) is 0 Å². The number of nitrogens with zero attached hydrogens (tertiary/aromatic N) is 2. The van der Waals surface area contributed by atoms with Crippen LogP contribution < -0.4 is 0 Å². The van der Waals surface area contributed by atoms with E-state index < -0.39 is 0 Å². The lowest BCUT2D eigenvalue weighted by Gasteiger charge is -2.50. The zero-order valence-corrected chi connectivity index (χ0v) is 11.9. The van der Waals surface area contributed by atoms with Crippen LogP contribution in [0.25, 0.3) is 0 Å². The average molecular weight is 264 g/mol. The van der Waals surface area contributed by atoms with Crippen LogP contribution in [0.2, 0.25) is 0 Å². The van der Waals surface area contributed by atoms with Gasteiger partial charge in [-0.1, -0.05) is 13.8 Å². The Morgan fingerprint density at radius 1 is 1.26 bits per heavy atom. The summed E-state index contributed by atoms with van der Waals surface area (Å²) in [7, 11) is 0. The Bertz CT molecular complexity index is 377. The first-order chi connectivity index (χ1) is 9.22. The van der Waals surface area contributed by atoms with E-state index >= 15 is 0 Å². The standard InChI is InChI=1S/C15H24N2O2/c1-12(2)5-17-14-7-16(6-13-3-4-18-9-13)8-15(17)11-19-10-14/h3-4,9,12,14-15H,5-8,10-11H2,1-2H3/t14-,15-/m1/s1. The second kappa shape index (κ2) is 5.65. The van der Waals surface area contributed by atoms with Crippen molar-refractivity contribution in [3.8, 4) is 0 Å². The molecule has 0 aliphatic carbocycles. The normalized spacial score (nSPS) is 29.0. The SMILES string of the molecule is CC(C)CN1[C@H]2COC[C@H]1CN(Cc1ccoc1)C2. The molecule has 2 bridgehead atoms. The van der Waals surface area contributed by atoms with Crippen LogP contribution in [0, 0.1) is 5.92 Å². The second-order valence-electron chi connectivity index (χ2n) is 6.26. The van der Waals surface area contributed by atoms with Crippen molar-refractivity contribution in [1.82, 2.24) is 9.80 Å². The number of hydrogen-bond donors (Lipinski definition) is 0. The molecule has 19 heavy (non-hydrogen) atoms. The molecule has 3 heterocycles. The highest BCUT2D eigenvalue weighted by molar-refractivity contribution is 5.06. The van der Waals surface area contributed by atoms with Crippen LogP contribution >= 0.6 is 0 Å². The molecule has 2 fully saturated rings. The van der Waals surface area contributed by atoms with E-state index in [1.807, 2.05) is 6.26 Å². The van der Waals surface area contributed by atoms with E-state index in [9.17, 15) is 0 Å². The molecule has 0 amide bonds. The second-order valence-corrected chi connectivity index (χ2v) is 6.26. The zero-order chi connectivity index (χ0) is 13.2. The quantitative estimate of drug-likeness (QED) is 0.829. The average Bonchev–Trinajstić information content (AvgIpc) is 2.82. The Hall–Kier alpha value is -0.840. The van der Waals surface area contributed by atoms with Gasteiger partial charge in [0.25, 0.3) is 0 Å². The molecular weight excluding hydrogens is 240 g/mol. The molecule has 1 aromatic heterocycles. The summed E-state index contributed by atoms with van der Waals surface area (Å²) in [4.78, 5) is 5.21. The molecule has 0 spiro atoms. The maximum absolute atomic E-state index is 5.75. The molecule has 2 atom stereocenters.